The van der Waals surface area contributed by atoms with Gasteiger partial charge in [-0.1, -0.05) is 24.3 Å². The van der Waals surface area contributed by atoms with Crippen LogP contribution in [0.3, 0.4) is 0 Å². The third-order valence-corrected chi connectivity index (χ3v) is 2.60. The van der Waals surface area contributed by atoms with Gasteiger partial charge in [-0.3, -0.25) is 0 Å². The molecule has 0 bridgehead atoms. The van der Waals surface area contributed by atoms with Crippen LogP contribution in [0.4, 0.5) is 13.2 Å². The monoisotopic (exact) mass is 223 g/mol. The van der Waals surface area contributed by atoms with Gasteiger partial charge in [-0.25, -0.2) is 0 Å². The van der Waals surface area contributed by atoms with Crippen LogP contribution < -0.4 is 0 Å². The highest BCUT2D eigenvalue weighted by molar-refractivity contribution is 5.81. The van der Waals surface area contributed by atoms with Crippen LogP contribution in [0.25, 0.3) is 5.57 Å². The molecule has 0 saturated carbocycles. The van der Waals surface area contributed by atoms with E-state index in [1.54, 1.807) is 19.1 Å². The lowest BCUT2D eigenvalue weighted by molar-refractivity contribution is -0.137. The van der Waals surface area contributed by atoms with Gasteiger partial charge in [0.1, 0.15) is 0 Å². The maximum Gasteiger partial charge on any atom is 0.417 e. The first-order valence-corrected chi connectivity index (χ1v) is 4.94. The van der Waals surface area contributed by atoms with Crippen LogP contribution >= 0.6 is 0 Å². The topological polar surface area (TPSA) is 0 Å². The Labute approximate surface area is 92.1 Å². The lowest BCUT2D eigenvalue weighted by Crippen LogP contribution is -2.08. The Balaban J connectivity index is 2.54. The minimum atomic E-state index is -4.31. The minimum Gasteiger partial charge on any atom is -0.166 e. The van der Waals surface area contributed by atoms with E-state index in [1.807, 2.05) is 0 Å². The Kier molecular flexibility index (Phi) is 2.62. The molecule has 0 atom stereocenters. The van der Waals surface area contributed by atoms with Crippen molar-refractivity contribution in [2.45, 2.75) is 19.5 Å². The molecule has 16 heavy (non-hydrogen) atoms. The van der Waals surface area contributed by atoms with Crippen molar-refractivity contribution in [2.24, 2.45) is 0 Å². The second-order valence-corrected chi connectivity index (χ2v) is 3.67. The molecule has 0 nitrogen and oxygen atoms in total. The lowest BCUT2D eigenvalue weighted by atomic mass is 9.96. The molecule has 2 rings (SSSR count). The molecule has 1 aromatic rings. The summed E-state index contributed by atoms with van der Waals surface area (Å²) < 4.78 is 38.3. The van der Waals surface area contributed by atoms with E-state index >= 15 is 0 Å². The van der Waals surface area contributed by atoms with Crippen LogP contribution in [0, 0.1) is 6.08 Å². The van der Waals surface area contributed by atoms with E-state index in [9.17, 15) is 13.2 Å². The Hall–Kier alpha value is -1.51. The van der Waals surface area contributed by atoms with Gasteiger partial charge in [0.05, 0.1) is 5.56 Å². The predicted octanol–water partition coefficient (Wildman–Crippen LogP) is 4.24. The van der Waals surface area contributed by atoms with E-state index in [1.165, 1.54) is 12.1 Å². The van der Waals surface area contributed by atoms with Gasteiger partial charge in [-0.15, -0.1) is 0 Å². The third kappa shape index (κ3) is 1.90. The fourth-order valence-electron chi connectivity index (χ4n) is 1.83. The van der Waals surface area contributed by atoms with Crippen molar-refractivity contribution in [3.63, 3.8) is 0 Å². The number of alkyl halides is 3. The first-order chi connectivity index (χ1) is 7.50. The van der Waals surface area contributed by atoms with Gasteiger partial charge >= 0.3 is 6.18 Å². The summed E-state index contributed by atoms with van der Waals surface area (Å²) in [6, 6.07) is 5.65. The molecule has 0 spiro atoms. The molecule has 0 saturated heterocycles. The second kappa shape index (κ2) is 3.81. The molecule has 0 unspecified atom stereocenters. The molecule has 83 valence electrons. The summed E-state index contributed by atoms with van der Waals surface area (Å²) in [6.07, 6.45) is 1.07. The highest BCUT2D eigenvalue weighted by Gasteiger charge is 2.34. The average molecular weight is 223 g/mol. The van der Waals surface area contributed by atoms with Gasteiger partial charge in [0.25, 0.3) is 0 Å². The smallest absolute Gasteiger partial charge is 0.166 e. The number of rotatable bonds is 1. The number of benzene rings is 1. The number of allylic oxidation sites excluding steroid dienone is 4. The third-order valence-electron chi connectivity index (χ3n) is 2.60. The molecule has 0 aromatic heterocycles. The zero-order valence-electron chi connectivity index (χ0n) is 8.73. The Morgan fingerprint density at radius 2 is 1.88 bits per heavy atom. The zero-order chi connectivity index (χ0) is 11.8. The van der Waals surface area contributed by atoms with Crippen LogP contribution in [0.5, 0.6) is 0 Å². The van der Waals surface area contributed by atoms with Crippen molar-refractivity contribution in [1.82, 2.24) is 0 Å². The summed E-state index contributed by atoms with van der Waals surface area (Å²) >= 11 is 0. The van der Waals surface area contributed by atoms with Crippen LogP contribution in [-0.2, 0) is 6.18 Å². The quantitative estimate of drug-likeness (QED) is 0.667. The number of hydrogen-bond acceptors (Lipinski definition) is 0. The van der Waals surface area contributed by atoms with Crippen molar-refractivity contribution in [3.05, 3.63) is 53.1 Å². The lowest BCUT2D eigenvalue weighted by Gasteiger charge is -2.14. The summed E-state index contributed by atoms with van der Waals surface area (Å²) in [7, 11) is 0. The predicted molar refractivity (Wildman–Crippen MR) is 56.5 cm³/mol. The van der Waals surface area contributed by atoms with E-state index in [4.69, 9.17) is 0 Å². The molecular formula is C13H10F3. The van der Waals surface area contributed by atoms with E-state index < -0.39 is 11.7 Å². The molecule has 1 aliphatic carbocycles. The minimum absolute atomic E-state index is 0.248. The summed E-state index contributed by atoms with van der Waals surface area (Å²) in [5, 5.41) is 0. The largest absolute Gasteiger partial charge is 0.417 e. The second-order valence-electron chi connectivity index (χ2n) is 3.67. The van der Waals surface area contributed by atoms with Crippen LogP contribution in [0.1, 0.15) is 24.5 Å². The molecule has 0 fully saturated rings. The summed E-state index contributed by atoms with van der Waals surface area (Å²) in [5.41, 5.74) is 1.10. The van der Waals surface area contributed by atoms with E-state index in [-0.39, 0.29) is 5.56 Å². The van der Waals surface area contributed by atoms with Crippen LogP contribution in [0.2, 0.25) is 0 Å². The highest BCUT2D eigenvalue weighted by atomic mass is 19.4. The molecule has 1 aliphatic rings. The fraction of sp³-hybridized carbons (Fsp3) is 0.231. The van der Waals surface area contributed by atoms with Gasteiger partial charge in [0.2, 0.25) is 0 Å². The molecular weight excluding hydrogens is 213 g/mol. The molecule has 0 amide bonds. The standard InChI is InChI=1S/C13H10F3/c1-9-5-4-7-10(9)11-6-2-3-8-12(11)13(14,15)16/h2-3,6-8H,4H2,1H3. The maximum absolute atomic E-state index is 12.8. The van der Waals surface area contributed by atoms with E-state index in [0.29, 0.717) is 12.0 Å². The summed E-state index contributed by atoms with van der Waals surface area (Å²) in [5.74, 6) is 0. The normalized spacial score (nSPS) is 16.0. The van der Waals surface area contributed by atoms with Crippen molar-refractivity contribution >= 4 is 5.57 Å². The van der Waals surface area contributed by atoms with E-state index in [0.717, 1.165) is 11.6 Å². The van der Waals surface area contributed by atoms with E-state index in [2.05, 4.69) is 6.08 Å². The summed E-state index contributed by atoms with van der Waals surface area (Å²) in [4.78, 5) is 0. The van der Waals surface area contributed by atoms with Gasteiger partial charge in [0.15, 0.2) is 0 Å². The zero-order valence-corrected chi connectivity index (χ0v) is 8.73. The number of hydrogen-bond donors (Lipinski definition) is 0. The Bertz CT molecular complexity index is 464. The van der Waals surface area contributed by atoms with Gasteiger partial charge in [0, 0.05) is 0 Å². The Morgan fingerprint density at radius 1 is 1.19 bits per heavy atom. The first-order valence-electron chi connectivity index (χ1n) is 4.94. The Morgan fingerprint density at radius 3 is 2.44 bits per heavy atom. The fourth-order valence-corrected chi connectivity index (χ4v) is 1.83. The highest BCUT2D eigenvalue weighted by Crippen LogP contribution is 2.38. The molecule has 1 radical (unpaired) electrons. The molecule has 0 aliphatic heterocycles. The molecule has 1 aromatic carbocycles. The molecule has 0 heterocycles. The SMILES string of the molecule is CC1=[C]CC=C1c1ccccc1C(F)(F)F. The van der Waals surface area contributed by atoms with Gasteiger partial charge in [-0.2, -0.15) is 13.2 Å². The van der Waals surface area contributed by atoms with Crippen molar-refractivity contribution in [3.8, 4) is 0 Å². The first kappa shape index (κ1) is 11.0. The number of halogens is 3. The van der Waals surface area contributed by atoms with Crippen LogP contribution in [0.15, 0.2) is 35.9 Å². The van der Waals surface area contributed by atoms with Gasteiger partial charge < -0.3 is 0 Å². The van der Waals surface area contributed by atoms with Gasteiger partial charge in [-0.05, 0) is 42.2 Å². The van der Waals surface area contributed by atoms with Crippen LogP contribution in [-0.4, -0.2) is 0 Å². The van der Waals surface area contributed by atoms with Crippen molar-refractivity contribution < 1.29 is 13.2 Å². The molecule has 0 N–H and O–H groups in total. The average Bonchev–Trinajstić information content (AvgIpc) is 2.63. The summed E-state index contributed by atoms with van der Waals surface area (Å²) in [6.45, 7) is 1.78. The molecule has 3 heteroatoms. The van der Waals surface area contributed by atoms with Crippen molar-refractivity contribution in [1.29, 1.82) is 0 Å². The maximum atomic E-state index is 12.8. The van der Waals surface area contributed by atoms with Crippen molar-refractivity contribution in [2.75, 3.05) is 0 Å².